The Labute approximate surface area is 56.6 Å². The molecule has 0 fully saturated rings. The van der Waals surface area contributed by atoms with Gasteiger partial charge in [0.15, 0.2) is 11.5 Å². The fourth-order valence-corrected chi connectivity index (χ4v) is 0.590. The van der Waals surface area contributed by atoms with Crippen LogP contribution in [0.2, 0.25) is 0 Å². The highest BCUT2D eigenvalue weighted by Gasteiger charge is 2.05. The van der Waals surface area contributed by atoms with E-state index in [-0.39, 0.29) is 5.75 Å². The van der Waals surface area contributed by atoms with E-state index in [1.807, 2.05) is 0 Å². The van der Waals surface area contributed by atoms with Gasteiger partial charge in [-0.1, -0.05) is 0 Å². The topological polar surface area (TPSA) is 80.9 Å². The quantitative estimate of drug-likeness (QED) is 0.314. The third-order valence-corrected chi connectivity index (χ3v) is 1.05. The minimum absolute atomic E-state index is 0.298. The second kappa shape index (κ2) is 1.98. The van der Waals surface area contributed by atoms with Gasteiger partial charge in [-0.05, 0) is 0 Å². The summed E-state index contributed by atoms with van der Waals surface area (Å²) in [4.78, 5) is 0. The molecule has 0 aliphatic heterocycles. The van der Waals surface area contributed by atoms with Crippen LogP contribution < -0.4 is 0 Å². The number of benzene rings is 1. The Morgan fingerprint density at radius 2 is 1.20 bits per heavy atom. The molecular weight excluding hydrogens is 136 g/mol. The molecular formula is C6H6O4. The SMILES string of the molecule is Oc1cc(O)c(O)c(O)c1. The molecule has 10 heavy (non-hydrogen) atoms. The molecule has 0 spiro atoms. The number of aromatic hydroxyl groups is 4. The zero-order valence-electron chi connectivity index (χ0n) is 4.94. The molecule has 0 aliphatic rings. The van der Waals surface area contributed by atoms with Gasteiger partial charge in [-0.3, -0.25) is 0 Å². The van der Waals surface area contributed by atoms with Crippen molar-refractivity contribution in [1.29, 1.82) is 0 Å². The average Bonchev–Trinajstić information content (AvgIpc) is 1.82. The predicted octanol–water partition coefficient (Wildman–Crippen LogP) is 0.509. The van der Waals surface area contributed by atoms with Gasteiger partial charge in [-0.2, -0.15) is 0 Å². The second-order valence-corrected chi connectivity index (χ2v) is 1.83. The van der Waals surface area contributed by atoms with Crippen LogP contribution in [0.25, 0.3) is 0 Å². The normalized spacial score (nSPS) is 9.60. The Morgan fingerprint density at radius 1 is 0.800 bits per heavy atom. The van der Waals surface area contributed by atoms with Crippen LogP contribution in [-0.2, 0) is 0 Å². The Balaban J connectivity index is 3.31. The third kappa shape index (κ3) is 0.907. The molecule has 0 amide bonds. The first-order valence-corrected chi connectivity index (χ1v) is 2.55. The largest absolute Gasteiger partial charge is 0.508 e. The maximum atomic E-state index is 8.72. The highest BCUT2D eigenvalue weighted by molar-refractivity contribution is 5.52. The zero-order chi connectivity index (χ0) is 7.72. The number of rotatable bonds is 0. The van der Waals surface area contributed by atoms with E-state index in [0.29, 0.717) is 0 Å². The van der Waals surface area contributed by atoms with Crippen LogP contribution in [0.5, 0.6) is 23.0 Å². The van der Waals surface area contributed by atoms with Gasteiger partial charge < -0.3 is 20.4 Å². The van der Waals surface area contributed by atoms with Crippen LogP contribution in [0.1, 0.15) is 0 Å². The van der Waals surface area contributed by atoms with Crippen molar-refractivity contribution in [2.45, 2.75) is 0 Å². The first-order chi connectivity index (χ1) is 4.61. The molecule has 0 heterocycles. The molecule has 1 aromatic carbocycles. The van der Waals surface area contributed by atoms with Gasteiger partial charge in [0, 0.05) is 12.1 Å². The summed E-state index contributed by atoms with van der Waals surface area (Å²) in [5.41, 5.74) is 0. The molecule has 0 aromatic heterocycles. The molecule has 1 rings (SSSR count). The Morgan fingerprint density at radius 3 is 1.60 bits per heavy atom. The van der Waals surface area contributed by atoms with Gasteiger partial charge in [-0.15, -0.1) is 0 Å². The molecule has 54 valence electrons. The van der Waals surface area contributed by atoms with E-state index < -0.39 is 17.2 Å². The van der Waals surface area contributed by atoms with E-state index in [9.17, 15) is 0 Å². The molecule has 0 atom stereocenters. The van der Waals surface area contributed by atoms with Gasteiger partial charge in [-0.25, -0.2) is 0 Å². The Bertz CT molecular complexity index is 233. The van der Waals surface area contributed by atoms with Gasteiger partial charge >= 0.3 is 0 Å². The van der Waals surface area contributed by atoms with Gasteiger partial charge in [0.2, 0.25) is 5.75 Å². The molecule has 4 N–H and O–H groups in total. The smallest absolute Gasteiger partial charge is 0.200 e. The van der Waals surface area contributed by atoms with E-state index in [1.54, 1.807) is 0 Å². The highest BCUT2D eigenvalue weighted by atomic mass is 16.3. The van der Waals surface area contributed by atoms with Crippen LogP contribution >= 0.6 is 0 Å². The van der Waals surface area contributed by atoms with Crippen LogP contribution in [0.3, 0.4) is 0 Å². The number of hydrogen-bond acceptors (Lipinski definition) is 4. The second-order valence-electron chi connectivity index (χ2n) is 1.83. The summed E-state index contributed by atoms with van der Waals surface area (Å²) in [5.74, 6) is -2.01. The van der Waals surface area contributed by atoms with Crippen molar-refractivity contribution in [2.75, 3.05) is 0 Å². The minimum Gasteiger partial charge on any atom is -0.508 e. The monoisotopic (exact) mass is 142 g/mol. The number of hydrogen-bond donors (Lipinski definition) is 4. The van der Waals surface area contributed by atoms with E-state index in [4.69, 9.17) is 20.4 Å². The summed E-state index contributed by atoms with van der Waals surface area (Å²) in [5, 5.41) is 34.8. The fourth-order valence-electron chi connectivity index (χ4n) is 0.590. The minimum atomic E-state index is -0.627. The van der Waals surface area contributed by atoms with Crippen LogP contribution in [0.4, 0.5) is 0 Å². The standard InChI is InChI=1S/C6H6O4/c7-3-1-4(8)6(10)5(9)2-3/h1-2,7-10H. The van der Waals surface area contributed by atoms with Crippen LogP contribution in [0.15, 0.2) is 12.1 Å². The maximum absolute atomic E-state index is 8.72. The molecule has 4 nitrogen and oxygen atoms in total. The lowest BCUT2D eigenvalue weighted by Crippen LogP contribution is -1.70. The van der Waals surface area contributed by atoms with Crippen molar-refractivity contribution >= 4 is 0 Å². The number of phenolic OH excluding ortho intramolecular Hbond substituents is 4. The van der Waals surface area contributed by atoms with E-state index in [0.717, 1.165) is 12.1 Å². The lowest BCUT2D eigenvalue weighted by Gasteiger charge is -1.99. The zero-order valence-corrected chi connectivity index (χ0v) is 4.94. The molecule has 0 radical (unpaired) electrons. The van der Waals surface area contributed by atoms with Crippen LogP contribution in [0, 0.1) is 0 Å². The van der Waals surface area contributed by atoms with Gasteiger partial charge in [0.05, 0.1) is 0 Å². The van der Waals surface area contributed by atoms with Crippen molar-refractivity contribution in [3.63, 3.8) is 0 Å². The maximum Gasteiger partial charge on any atom is 0.200 e. The summed E-state index contributed by atoms with van der Waals surface area (Å²) >= 11 is 0. The molecule has 0 bridgehead atoms. The summed E-state index contributed by atoms with van der Waals surface area (Å²) in [7, 11) is 0. The fraction of sp³-hybridized carbons (Fsp3) is 0. The molecule has 0 saturated carbocycles. The molecule has 0 saturated heterocycles. The van der Waals surface area contributed by atoms with Crippen LogP contribution in [-0.4, -0.2) is 20.4 Å². The molecule has 0 aliphatic carbocycles. The molecule has 0 unspecified atom stereocenters. The van der Waals surface area contributed by atoms with Crippen molar-refractivity contribution < 1.29 is 20.4 Å². The number of phenols is 4. The van der Waals surface area contributed by atoms with Crippen molar-refractivity contribution in [1.82, 2.24) is 0 Å². The lowest BCUT2D eigenvalue weighted by molar-refractivity contribution is 0.361. The predicted molar refractivity (Wildman–Crippen MR) is 33.1 cm³/mol. The van der Waals surface area contributed by atoms with Crippen molar-refractivity contribution in [3.05, 3.63) is 12.1 Å². The molecule has 4 heteroatoms. The summed E-state index contributed by atoms with van der Waals surface area (Å²) in [6, 6.07) is 1.85. The first kappa shape index (κ1) is 6.54. The molecule has 1 aromatic rings. The summed E-state index contributed by atoms with van der Waals surface area (Å²) in [6.07, 6.45) is 0. The average molecular weight is 142 g/mol. The Kier molecular flexibility index (Phi) is 1.30. The van der Waals surface area contributed by atoms with E-state index >= 15 is 0 Å². The van der Waals surface area contributed by atoms with Crippen molar-refractivity contribution in [3.8, 4) is 23.0 Å². The summed E-state index contributed by atoms with van der Waals surface area (Å²) in [6.45, 7) is 0. The highest BCUT2D eigenvalue weighted by Crippen LogP contribution is 2.37. The van der Waals surface area contributed by atoms with E-state index in [2.05, 4.69) is 0 Å². The van der Waals surface area contributed by atoms with Crippen molar-refractivity contribution in [2.24, 2.45) is 0 Å². The lowest BCUT2D eigenvalue weighted by atomic mass is 10.3. The van der Waals surface area contributed by atoms with Gasteiger partial charge in [0.25, 0.3) is 0 Å². The third-order valence-electron chi connectivity index (χ3n) is 1.05. The summed E-state index contributed by atoms with van der Waals surface area (Å²) < 4.78 is 0. The van der Waals surface area contributed by atoms with E-state index in [1.165, 1.54) is 0 Å². The Hall–Kier alpha value is -1.58. The first-order valence-electron chi connectivity index (χ1n) is 2.55. The van der Waals surface area contributed by atoms with Gasteiger partial charge in [0.1, 0.15) is 5.75 Å².